The highest BCUT2D eigenvalue weighted by molar-refractivity contribution is 6.31. The molecule has 1 heterocycles. The zero-order valence-corrected chi connectivity index (χ0v) is 14.9. The summed E-state index contributed by atoms with van der Waals surface area (Å²) in [5, 5.41) is 20.2. The van der Waals surface area contributed by atoms with E-state index in [4.69, 9.17) is 11.6 Å². The fourth-order valence-electron chi connectivity index (χ4n) is 3.26. The van der Waals surface area contributed by atoms with Crippen LogP contribution in [-0.2, 0) is 4.79 Å². The summed E-state index contributed by atoms with van der Waals surface area (Å²) in [6, 6.07) is 11.2. The molecule has 1 fully saturated rings. The largest absolute Gasteiger partial charge is 0.508 e. The van der Waals surface area contributed by atoms with Gasteiger partial charge in [0.15, 0.2) is 6.04 Å². The van der Waals surface area contributed by atoms with Gasteiger partial charge in [0, 0.05) is 22.7 Å². The Balaban J connectivity index is 1.90. The minimum Gasteiger partial charge on any atom is -0.508 e. The van der Waals surface area contributed by atoms with Crippen molar-refractivity contribution in [2.45, 2.75) is 18.9 Å². The van der Waals surface area contributed by atoms with Crippen LogP contribution in [-0.4, -0.2) is 41.0 Å². The molecule has 1 unspecified atom stereocenters. The number of hydrogen-bond donors (Lipinski definition) is 2. The van der Waals surface area contributed by atoms with Crippen LogP contribution in [0.15, 0.2) is 47.5 Å². The number of nitrogens with zero attached hydrogens (tertiary/aromatic N) is 2. The number of benzene rings is 2. The van der Waals surface area contributed by atoms with E-state index in [2.05, 4.69) is 4.99 Å². The van der Waals surface area contributed by atoms with E-state index < -0.39 is 6.04 Å². The molecule has 0 radical (unpaired) electrons. The van der Waals surface area contributed by atoms with Gasteiger partial charge in [-0.05, 0) is 49.1 Å². The highest BCUT2D eigenvalue weighted by Crippen LogP contribution is 2.36. The van der Waals surface area contributed by atoms with Gasteiger partial charge in [-0.3, -0.25) is 9.79 Å². The van der Waals surface area contributed by atoms with Gasteiger partial charge in [-0.25, -0.2) is 0 Å². The smallest absolute Gasteiger partial charge is 0.254 e. The molecule has 2 aromatic carbocycles. The average molecular weight is 371 g/mol. The lowest BCUT2D eigenvalue weighted by atomic mass is 10.00. The van der Waals surface area contributed by atoms with E-state index >= 15 is 0 Å². The molecule has 2 aromatic rings. The molecule has 0 bridgehead atoms. The first kappa shape index (κ1) is 17.1. The molecule has 2 N–H and O–H groups in total. The number of hydrogen-bond acceptors (Lipinski definition) is 4. The van der Waals surface area contributed by atoms with Crippen LogP contribution in [0.2, 0.25) is 5.02 Å². The van der Waals surface area contributed by atoms with Gasteiger partial charge in [0.05, 0.1) is 18.0 Å². The van der Waals surface area contributed by atoms with Crippen LogP contribution < -0.4 is 4.90 Å². The zero-order valence-electron chi connectivity index (χ0n) is 14.1. The molecule has 4 rings (SSSR count). The van der Waals surface area contributed by atoms with Gasteiger partial charge in [-0.15, -0.1) is 0 Å². The van der Waals surface area contributed by atoms with Gasteiger partial charge in [-0.2, -0.15) is 0 Å². The summed E-state index contributed by atoms with van der Waals surface area (Å²) < 4.78 is 0. The van der Waals surface area contributed by atoms with Crippen LogP contribution >= 0.6 is 11.6 Å². The molecule has 0 aromatic heterocycles. The van der Waals surface area contributed by atoms with Crippen molar-refractivity contribution >= 4 is 28.9 Å². The summed E-state index contributed by atoms with van der Waals surface area (Å²) in [5.41, 5.74) is 2.73. The summed E-state index contributed by atoms with van der Waals surface area (Å²) in [4.78, 5) is 19.3. The number of anilines is 1. The number of rotatable bonds is 4. The van der Waals surface area contributed by atoms with Crippen LogP contribution in [0.3, 0.4) is 0 Å². The standard InChI is InChI=1S/C20H19ClN2O3/c21-14-6-7-16-18(9-14)23(10-12-4-5-12)20(26)17(11-24)22-19(16)13-2-1-3-15(25)8-13/h1-3,6-9,12,17,24-25H,4-5,10-11H2. The third kappa shape index (κ3) is 3.20. The second-order valence-corrected chi connectivity index (χ2v) is 7.22. The van der Waals surface area contributed by atoms with E-state index in [9.17, 15) is 15.0 Å². The normalized spacial score (nSPS) is 19.8. The Morgan fingerprint density at radius 2 is 2.00 bits per heavy atom. The van der Waals surface area contributed by atoms with Crippen molar-refractivity contribution in [1.29, 1.82) is 0 Å². The predicted molar refractivity (Wildman–Crippen MR) is 101 cm³/mol. The van der Waals surface area contributed by atoms with Gasteiger partial charge in [0.1, 0.15) is 5.75 Å². The highest BCUT2D eigenvalue weighted by Gasteiger charge is 2.35. The third-order valence-electron chi connectivity index (χ3n) is 4.77. The van der Waals surface area contributed by atoms with Crippen molar-refractivity contribution in [2.24, 2.45) is 10.9 Å². The molecular formula is C20H19ClN2O3. The number of phenolic OH excluding ortho intramolecular Hbond substituents is 1. The van der Waals surface area contributed by atoms with Crippen molar-refractivity contribution in [2.75, 3.05) is 18.1 Å². The SMILES string of the molecule is O=C1C(CO)N=C(c2cccc(O)c2)c2ccc(Cl)cc2N1CC1CC1. The fraction of sp³-hybridized carbons (Fsp3) is 0.300. The lowest BCUT2D eigenvalue weighted by molar-refractivity contribution is -0.120. The van der Waals surface area contributed by atoms with Crippen LogP contribution in [0.4, 0.5) is 5.69 Å². The second kappa shape index (κ2) is 6.74. The number of carbonyl (C=O) groups excluding carboxylic acids is 1. The Hall–Kier alpha value is -2.37. The Morgan fingerprint density at radius 1 is 1.19 bits per heavy atom. The van der Waals surface area contributed by atoms with Crippen molar-refractivity contribution in [1.82, 2.24) is 0 Å². The number of fused-ring (bicyclic) bond motifs is 1. The molecule has 1 aliphatic carbocycles. The van der Waals surface area contributed by atoms with E-state index in [0.717, 1.165) is 18.4 Å². The Morgan fingerprint density at radius 3 is 2.69 bits per heavy atom. The molecular weight excluding hydrogens is 352 g/mol. The molecule has 1 atom stereocenters. The van der Waals surface area contributed by atoms with Gasteiger partial charge in [0.2, 0.25) is 0 Å². The highest BCUT2D eigenvalue weighted by atomic mass is 35.5. The van der Waals surface area contributed by atoms with Gasteiger partial charge in [0.25, 0.3) is 5.91 Å². The molecule has 0 spiro atoms. The van der Waals surface area contributed by atoms with Crippen LogP contribution in [0.5, 0.6) is 5.75 Å². The van der Waals surface area contributed by atoms with E-state index in [0.29, 0.717) is 34.4 Å². The first-order chi connectivity index (χ1) is 12.6. The number of amides is 1. The minimum atomic E-state index is -0.878. The van der Waals surface area contributed by atoms with Crippen LogP contribution in [0, 0.1) is 5.92 Å². The molecule has 0 saturated heterocycles. The number of benzodiazepines with no additional fused rings is 1. The molecule has 1 amide bonds. The topological polar surface area (TPSA) is 73.1 Å². The second-order valence-electron chi connectivity index (χ2n) is 6.78. The summed E-state index contributed by atoms with van der Waals surface area (Å²) in [6.07, 6.45) is 2.20. The number of halogens is 1. The number of aliphatic hydroxyl groups is 1. The van der Waals surface area contributed by atoms with E-state index in [1.807, 2.05) is 12.1 Å². The third-order valence-corrected chi connectivity index (χ3v) is 5.01. The van der Waals surface area contributed by atoms with Gasteiger partial charge in [-0.1, -0.05) is 23.7 Å². The van der Waals surface area contributed by atoms with E-state index in [1.165, 1.54) is 0 Å². The summed E-state index contributed by atoms with van der Waals surface area (Å²) in [6.45, 7) is 0.232. The van der Waals surface area contributed by atoms with Crippen molar-refractivity contribution < 1.29 is 15.0 Å². The molecule has 1 saturated carbocycles. The molecule has 2 aliphatic rings. The first-order valence-electron chi connectivity index (χ1n) is 8.66. The first-order valence-corrected chi connectivity index (χ1v) is 9.04. The van der Waals surface area contributed by atoms with Crippen LogP contribution in [0.1, 0.15) is 24.0 Å². The summed E-state index contributed by atoms with van der Waals surface area (Å²) in [5.74, 6) is 0.372. The maximum atomic E-state index is 13.0. The zero-order chi connectivity index (χ0) is 18.3. The monoisotopic (exact) mass is 370 g/mol. The van der Waals surface area contributed by atoms with E-state index in [-0.39, 0.29) is 18.3 Å². The number of aromatic hydroxyl groups is 1. The van der Waals surface area contributed by atoms with Gasteiger partial charge < -0.3 is 15.1 Å². The Bertz CT molecular complexity index is 892. The molecule has 6 heteroatoms. The Labute approximate surface area is 156 Å². The summed E-state index contributed by atoms with van der Waals surface area (Å²) in [7, 11) is 0. The van der Waals surface area contributed by atoms with Crippen molar-refractivity contribution in [3.8, 4) is 5.75 Å². The number of carbonyl (C=O) groups is 1. The fourth-order valence-corrected chi connectivity index (χ4v) is 3.42. The summed E-state index contributed by atoms with van der Waals surface area (Å²) >= 11 is 6.22. The van der Waals surface area contributed by atoms with E-state index in [1.54, 1.807) is 35.2 Å². The minimum absolute atomic E-state index is 0.117. The average Bonchev–Trinajstić information content (AvgIpc) is 3.45. The lowest BCUT2D eigenvalue weighted by Gasteiger charge is -2.25. The van der Waals surface area contributed by atoms with Gasteiger partial charge >= 0.3 is 0 Å². The van der Waals surface area contributed by atoms with Crippen molar-refractivity contribution in [3.63, 3.8) is 0 Å². The quantitative estimate of drug-likeness (QED) is 0.868. The molecule has 5 nitrogen and oxygen atoms in total. The number of aliphatic hydroxyl groups excluding tert-OH is 1. The molecule has 1 aliphatic heterocycles. The molecule has 26 heavy (non-hydrogen) atoms. The van der Waals surface area contributed by atoms with Crippen LogP contribution in [0.25, 0.3) is 0 Å². The lowest BCUT2D eigenvalue weighted by Crippen LogP contribution is -2.40. The Kier molecular flexibility index (Phi) is 4.42. The maximum absolute atomic E-state index is 13.0. The maximum Gasteiger partial charge on any atom is 0.254 e. The number of aliphatic imine (C=N–C) groups is 1. The molecule has 134 valence electrons. The number of phenols is 1. The predicted octanol–water partition coefficient (Wildman–Crippen LogP) is 3.00. The van der Waals surface area contributed by atoms with Crippen molar-refractivity contribution in [3.05, 3.63) is 58.6 Å².